The molecule has 5 nitrogen and oxygen atoms in total. The van der Waals surface area contributed by atoms with Gasteiger partial charge in [0.15, 0.2) is 0 Å². The molecular formula is C26H29F3N4O. The van der Waals surface area contributed by atoms with Gasteiger partial charge in [0.05, 0.1) is 23.5 Å². The highest BCUT2D eigenvalue weighted by molar-refractivity contribution is 5.79. The number of carbonyl (C=O) groups excluding carboxylic acids is 1. The molecule has 0 spiro atoms. The van der Waals surface area contributed by atoms with Crippen LogP contribution in [-0.4, -0.2) is 22.4 Å². The van der Waals surface area contributed by atoms with Crippen molar-refractivity contribution in [2.45, 2.75) is 44.3 Å². The summed E-state index contributed by atoms with van der Waals surface area (Å²) in [6.07, 6.45) is 0.784. The third-order valence-corrected chi connectivity index (χ3v) is 6.57. The van der Waals surface area contributed by atoms with Gasteiger partial charge in [0, 0.05) is 5.92 Å². The Hall–Kier alpha value is -3.13. The minimum absolute atomic E-state index is 0.0925. The van der Waals surface area contributed by atoms with Crippen LogP contribution in [0.4, 0.5) is 13.2 Å². The molecule has 0 aliphatic heterocycles. The third kappa shape index (κ3) is 5.86. The number of nitrogens with zero attached hydrogens (tertiary/aromatic N) is 1. The zero-order valence-corrected chi connectivity index (χ0v) is 18.8. The Bertz CT molecular complexity index is 1090. The Morgan fingerprint density at radius 1 is 1.09 bits per heavy atom. The second kappa shape index (κ2) is 10.4. The molecule has 1 aliphatic rings. The maximum absolute atomic E-state index is 13.2. The molecule has 1 amide bonds. The van der Waals surface area contributed by atoms with Crippen molar-refractivity contribution in [1.82, 2.24) is 15.3 Å². The number of nitrogens with two attached hydrogens (primary N) is 1. The molecule has 0 radical (unpaired) electrons. The maximum Gasteiger partial charge on any atom is 0.416 e. The molecule has 0 saturated heterocycles. The summed E-state index contributed by atoms with van der Waals surface area (Å²) < 4.78 is 39.7. The van der Waals surface area contributed by atoms with E-state index in [-0.39, 0.29) is 18.2 Å². The Balaban J connectivity index is 1.57. The lowest BCUT2D eigenvalue weighted by molar-refractivity contribution is -0.137. The highest BCUT2D eigenvalue weighted by atomic mass is 19.4. The normalized spacial score (nSPS) is 19.5. The summed E-state index contributed by atoms with van der Waals surface area (Å²) in [5, 5.41) is 3.06. The van der Waals surface area contributed by atoms with E-state index in [4.69, 9.17) is 5.73 Å². The van der Waals surface area contributed by atoms with Gasteiger partial charge >= 0.3 is 6.18 Å². The number of aromatic nitrogens is 2. The zero-order valence-electron chi connectivity index (χ0n) is 18.8. The summed E-state index contributed by atoms with van der Waals surface area (Å²) in [5.74, 6) is 0.740. The van der Waals surface area contributed by atoms with Crippen LogP contribution in [0.5, 0.6) is 0 Å². The highest BCUT2D eigenvalue weighted by Gasteiger charge is 2.31. The largest absolute Gasteiger partial charge is 0.416 e. The van der Waals surface area contributed by atoms with Gasteiger partial charge in [-0.1, -0.05) is 48.5 Å². The van der Waals surface area contributed by atoms with Gasteiger partial charge in [-0.25, -0.2) is 4.98 Å². The number of hydrogen-bond donors (Lipinski definition) is 3. The van der Waals surface area contributed by atoms with Crippen LogP contribution in [-0.2, 0) is 17.4 Å². The number of amides is 1. The molecule has 1 aliphatic carbocycles. The summed E-state index contributed by atoms with van der Waals surface area (Å²) in [6, 6.07) is 14.2. The summed E-state index contributed by atoms with van der Waals surface area (Å²) in [4.78, 5) is 20.8. The summed E-state index contributed by atoms with van der Waals surface area (Å²) in [5.41, 5.74) is 7.25. The minimum Gasteiger partial charge on any atom is -0.346 e. The highest BCUT2D eigenvalue weighted by Crippen LogP contribution is 2.32. The molecule has 2 aromatic carbocycles. The average molecular weight is 471 g/mol. The van der Waals surface area contributed by atoms with Crippen molar-refractivity contribution in [2.24, 2.45) is 17.6 Å². The second-order valence-corrected chi connectivity index (χ2v) is 8.96. The first kappa shape index (κ1) is 24.0. The van der Waals surface area contributed by atoms with Gasteiger partial charge in [0.2, 0.25) is 5.91 Å². The second-order valence-electron chi connectivity index (χ2n) is 8.96. The average Bonchev–Trinajstić information content (AvgIpc) is 3.34. The molecule has 8 heteroatoms. The SMILES string of the molecule is NCC1CCC(C(=O)NC(Cc2cccc(C(F)(F)F)c2)c2ncc(-c3ccccc3)[nH]2)CC1. The Kier molecular flexibility index (Phi) is 7.36. The molecule has 1 fully saturated rings. The first-order chi connectivity index (χ1) is 16.3. The molecular weight excluding hydrogens is 441 g/mol. The van der Waals surface area contributed by atoms with E-state index in [9.17, 15) is 18.0 Å². The topological polar surface area (TPSA) is 83.8 Å². The first-order valence-electron chi connectivity index (χ1n) is 11.6. The lowest BCUT2D eigenvalue weighted by Gasteiger charge is -2.28. The van der Waals surface area contributed by atoms with Crippen molar-refractivity contribution in [3.05, 3.63) is 77.7 Å². The fourth-order valence-electron chi connectivity index (χ4n) is 4.55. The molecule has 3 aromatic rings. The number of halogens is 3. The van der Waals surface area contributed by atoms with Crippen molar-refractivity contribution in [2.75, 3.05) is 6.54 Å². The third-order valence-electron chi connectivity index (χ3n) is 6.57. The van der Waals surface area contributed by atoms with E-state index in [0.717, 1.165) is 49.1 Å². The van der Waals surface area contributed by atoms with Crippen LogP contribution >= 0.6 is 0 Å². The predicted molar refractivity (Wildman–Crippen MR) is 125 cm³/mol. The standard InChI is InChI=1S/C26H29F3N4O/c27-26(28,29)21-8-4-5-18(13-21)14-22(33-25(34)20-11-9-17(15-30)10-12-20)24-31-16-23(32-24)19-6-2-1-3-7-19/h1-8,13,16-17,20,22H,9-12,14-15,30H2,(H,31,32)(H,33,34). The number of imidazole rings is 1. The van der Waals surface area contributed by atoms with E-state index < -0.39 is 17.8 Å². The van der Waals surface area contributed by atoms with Crippen molar-refractivity contribution >= 4 is 5.91 Å². The fraction of sp³-hybridized carbons (Fsp3) is 0.385. The van der Waals surface area contributed by atoms with Gasteiger partial charge in [0.25, 0.3) is 0 Å². The number of rotatable bonds is 7. The first-order valence-corrected chi connectivity index (χ1v) is 11.6. The predicted octanol–water partition coefficient (Wildman–Crippen LogP) is 5.26. The summed E-state index contributed by atoms with van der Waals surface area (Å²) in [7, 11) is 0. The van der Waals surface area contributed by atoms with E-state index in [1.54, 1.807) is 12.3 Å². The molecule has 1 atom stereocenters. The van der Waals surface area contributed by atoms with Crippen LogP contribution < -0.4 is 11.1 Å². The van der Waals surface area contributed by atoms with E-state index >= 15 is 0 Å². The van der Waals surface area contributed by atoms with Gasteiger partial charge in [-0.3, -0.25) is 4.79 Å². The maximum atomic E-state index is 13.2. The van der Waals surface area contributed by atoms with Crippen LogP contribution in [0.1, 0.15) is 48.7 Å². The van der Waals surface area contributed by atoms with Gasteiger partial charge in [-0.2, -0.15) is 13.2 Å². The van der Waals surface area contributed by atoms with Crippen LogP contribution in [0.2, 0.25) is 0 Å². The molecule has 4 N–H and O–H groups in total. The lowest BCUT2D eigenvalue weighted by Crippen LogP contribution is -2.37. The molecule has 34 heavy (non-hydrogen) atoms. The number of nitrogens with one attached hydrogen (secondary N) is 2. The van der Waals surface area contributed by atoms with E-state index in [2.05, 4.69) is 15.3 Å². The van der Waals surface area contributed by atoms with Crippen molar-refractivity contribution in [1.29, 1.82) is 0 Å². The zero-order chi connectivity index (χ0) is 24.1. The number of alkyl halides is 3. The van der Waals surface area contributed by atoms with Crippen molar-refractivity contribution in [3.63, 3.8) is 0 Å². The van der Waals surface area contributed by atoms with E-state index in [1.165, 1.54) is 6.07 Å². The Morgan fingerprint density at radius 3 is 2.50 bits per heavy atom. The number of benzene rings is 2. The number of hydrogen-bond acceptors (Lipinski definition) is 3. The monoisotopic (exact) mass is 470 g/mol. The number of aromatic amines is 1. The van der Waals surface area contributed by atoms with Crippen LogP contribution in [0, 0.1) is 11.8 Å². The van der Waals surface area contributed by atoms with Crippen molar-refractivity contribution in [3.8, 4) is 11.3 Å². The van der Waals surface area contributed by atoms with Crippen molar-refractivity contribution < 1.29 is 18.0 Å². The summed E-state index contributed by atoms with van der Waals surface area (Å²) in [6.45, 7) is 0.626. The molecule has 0 bridgehead atoms. The molecule has 1 aromatic heterocycles. The van der Waals surface area contributed by atoms with Crippen LogP contribution in [0.15, 0.2) is 60.8 Å². The van der Waals surface area contributed by atoms with Crippen LogP contribution in [0.3, 0.4) is 0 Å². The van der Waals surface area contributed by atoms with Gasteiger partial charge in [0.1, 0.15) is 5.82 Å². The van der Waals surface area contributed by atoms with E-state index in [1.807, 2.05) is 30.3 Å². The minimum atomic E-state index is -4.43. The lowest BCUT2D eigenvalue weighted by atomic mass is 9.81. The fourth-order valence-corrected chi connectivity index (χ4v) is 4.55. The molecule has 1 unspecified atom stereocenters. The molecule has 4 rings (SSSR count). The quantitative estimate of drug-likeness (QED) is 0.440. The van der Waals surface area contributed by atoms with Gasteiger partial charge in [-0.05, 0) is 61.8 Å². The molecule has 1 heterocycles. The summed E-state index contributed by atoms with van der Waals surface area (Å²) >= 11 is 0. The number of H-pyrrole nitrogens is 1. The Labute approximate surface area is 197 Å². The van der Waals surface area contributed by atoms with E-state index in [0.29, 0.717) is 23.9 Å². The van der Waals surface area contributed by atoms with Gasteiger partial charge in [-0.15, -0.1) is 0 Å². The number of carbonyl (C=O) groups is 1. The Morgan fingerprint density at radius 2 is 1.82 bits per heavy atom. The van der Waals surface area contributed by atoms with Gasteiger partial charge < -0.3 is 16.0 Å². The molecule has 1 saturated carbocycles. The van der Waals surface area contributed by atoms with Crippen LogP contribution in [0.25, 0.3) is 11.3 Å². The smallest absolute Gasteiger partial charge is 0.346 e. The molecule has 180 valence electrons.